The van der Waals surface area contributed by atoms with Crippen LogP contribution in [0, 0.1) is 0 Å². The Morgan fingerprint density at radius 2 is 1.79 bits per heavy atom. The molecule has 84 valence electrons. The van der Waals surface area contributed by atoms with E-state index in [9.17, 15) is 4.79 Å². The molecule has 4 nitrogen and oxygen atoms in total. The Morgan fingerprint density at radius 3 is 2.21 bits per heavy atom. The van der Waals surface area contributed by atoms with Gasteiger partial charge in [-0.3, -0.25) is 0 Å². The molecule has 1 aliphatic carbocycles. The van der Waals surface area contributed by atoms with Crippen molar-refractivity contribution < 1.29 is 14.3 Å². The highest BCUT2D eigenvalue weighted by atomic mass is 35.5. The third-order valence-corrected chi connectivity index (χ3v) is 2.51. The standard InChI is InChI=1S/C9H17NO3.ClH/c1-12-8-5-3-7(4-6-8)10-9(11)13-2;/h7-8H,3-6H2,1-2H3,(H,10,11);1H/t7-,8-;. The smallest absolute Gasteiger partial charge is 0.407 e. The number of methoxy groups -OCH3 is 2. The van der Waals surface area contributed by atoms with E-state index in [1.54, 1.807) is 7.11 Å². The van der Waals surface area contributed by atoms with Gasteiger partial charge in [0.1, 0.15) is 0 Å². The first-order valence-electron chi connectivity index (χ1n) is 4.63. The molecule has 0 radical (unpaired) electrons. The maximum atomic E-state index is 10.9. The average Bonchev–Trinajstić information content (AvgIpc) is 2.19. The van der Waals surface area contributed by atoms with Gasteiger partial charge in [-0.05, 0) is 25.7 Å². The highest BCUT2D eigenvalue weighted by molar-refractivity contribution is 5.85. The molecular weight excluding hydrogens is 206 g/mol. The Bertz CT molecular complexity index is 169. The van der Waals surface area contributed by atoms with Gasteiger partial charge in [-0.25, -0.2) is 4.79 Å². The second-order valence-electron chi connectivity index (χ2n) is 3.35. The Hall–Kier alpha value is -0.480. The van der Waals surface area contributed by atoms with Gasteiger partial charge in [0.2, 0.25) is 0 Å². The SMILES string of the molecule is COC(=O)N[C@H]1CC[C@H](OC)CC1.Cl. The predicted molar refractivity (Wildman–Crippen MR) is 55.8 cm³/mol. The Balaban J connectivity index is 0.00000169. The molecular formula is C9H18ClNO3. The lowest BCUT2D eigenvalue weighted by Crippen LogP contribution is -2.38. The Morgan fingerprint density at radius 1 is 1.21 bits per heavy atom. The van der Waals surface area contributed by atoms with Gasteiger partial charge < -0.3 is 14.8 Å². The number of carbonyl (C=O) groups excluding carboxylic acids is 1. The zero-order chi connectivity index (χ0) is 9.68. The fraction of sp³-hybridized carbons (Fsp3) is 0.889. The van der Waals surface area contributed by atoms with E-state index in [0.717, 1.165) is 25.7 Å². The van der Waals surface area contributed by atoms with E-state index >= 15 is 0 Å². The Labute approximate surface area is 90.7 Å². The number of rotatable bonds is 2. The number of nitrogens with one attached hydrogen (secondary N) is 1. The lowest BCUT2D eigenvalue weighted by atomic mass is 9.93. The molecule has 1 saturated carbocycles. The molecule has 1 N–H and O–H groups in total. The van der Waals surface area contributed by atoms with Gasteiger partial charge in [0.05, 0.1) is 13.2 Å². The van der Waals surface area contributed by atoms with Crippen molar-refractivity contribution in [2.24, 2.45) is 0 Å². The molecule has 0 saturated heterocycles. The largest absolute Gasteiger partial charge is 0.453 e. The molecule has 5 heteroatoms. The minimum absolute atomic E-state index is 0. The molecule has 1 fully saturated rings. The van der Waals surface area contributed by atoms with Gasteiger partial charge in [-0.15, -0.1) is 12.4 Å². The second kappa shape index (κ2) is 6.90. The molecule has 0 aliphatic heterocycles. The summed E-state index contributed by atoms with van der Waals surface area (Å²) in [6, 6.07) is 0.263. The lowest BCUT2D eigenvalue weighted by Gasteiger charge is -2.27. The molecule has 0 unspecified atom stereocenters. The average molecular weight is 224 g/mol. The normalized spacial score (nSPS) is 26.1. The number of halogens is 1. The zero-order valence-corrected chi connectivity index (χ0v) is 9.43. The number of alkyl carbamates (subject to hydrolysis) is 1. The number of amides is 1. The van der Waals surface area contributed by atoms with Gasteiger partial charge in [0.25, 0.3) is 0 Å². The molecule has 0 spiro atoms. The van der Waals surface area contributed by atoms with Gasteiger partial charge in [-0.1, -0.05) is 0 Å². The highest BCUT2D eigenvalue weighted by Crippen LogP contribution is 2.20. The molecule has 14 heavy (non-hydrogen) atoms. The summed E-state index contributed by atoms with van der Waals surface area (Å²) in [5.74, 6) is 0. The zero-order valence-electron chi connectivity index (χ0n) is 8.62. The number of carbonyl (C=O) groups is 1. The van der Waals surface area contributed by atoms with Crippen molar-refractivity contribution in [3.8, 4) is 0 Å². The molecule has 0 heterocycles. The third-order valence-electron chi connectivity index (χ3n) is 2.51. The van der Waals surface area contributed by atoms with Crippen molar-refractivity contribution in [1.82, 2.24) is 5.32 Å². The molecule has 1 aliphatic rings. The van der Waals surface area contributed by atoms with Gasteiger partial charge in [0, 0.05) is 13.2 Å². The summed E-state index contributed by atoms with van der Waals surface area (Å²) < 4.78 is 9.75. The van der Waals surface area contributed by atoms with E-state index in [-0.39, 0.29) is 24.5 Å². The van der Waals surface area contributed by atoms with E-state index in [2.05, 4.69) is 10.1 Å². The molecule has 0 aromatic carbocycles. The maximum absolute atomic E-state index is 10.9. The van der Waals surface area contributed by atoms with Crippen LogP contribution in [0.2, 0.25) is 0 Å². The first kappa shape index (κ1) is 13.5. The summed E-state index contributed by atoms with van der Waals surface area (Å²) in [6.07, 6.45) is 4.04. The van der Waals surface area contributed by atoms with Crippen molar-refractivity contribution in [2.75, 3.05) is 14.2 Å². The van der Waals surface area contributed by atoms with Gasteiger partial charge in [0.15, 0.2) is 0 Å². The van der Waals surface area contributed by atoms with Crippen molar-refractivity contribution in [3.05, 3.63) is 0 Å². The van der Waals surface area contributed by atoms with Crippen LogP contribution in [-0.2, 0) is 9.47 Å². The summed E-state index contributed by atoms with van der Waals surface area (Å²) in [5.41, 5.74) is 0. The summed E-state index contributed by atoms with van der Waals surface area (Å²) >= 11 is 0. The molecule has 0 bridgehead atoms. The van der Waals surface area contributed by atoms with Crippen LogP contribution in [0.3, 0.4) is 0 Å². The van der Waals surface area contributed by atoms with Crippen LogP contribution in [-0.4, -0.2) is 32.5 Å². The van der Waals surface area contributed by atoms with Crippen LogP contribution >= 0.6 is 12.4 Å². The number of hydrogen-bond acceptors (Lipinski definition) is 3. The van der Waals surface area contributed by atoms with E-state index in [1.165, 1.54) is 7.11 Å². The van der Waals surface area contributed by atoms with Crippen LogP contribution < -0.4 is 5.32 Å². The summed E-state index contributed by atoms with van der Waals surface area (Å²) in [5, 5.41) is 2.80. The quantitative estimate of drug-likeness (QED) is 0.776. The summed E-state index contributed by atoms with van der Waals surface area (Å²) in [7, 11) is 3.12. The minimum Gasteiger partial charge on any atom is -0.453 e. The summed E-state index contributed by atoms with van der Waals surface area (Å²) in [6.45, 7) is 0. The monoisotopic (exact) mass is 223 g/mol. The molecule has 0 atom stereocenters. The first-order chi connectivity index (χ1) is 6.26. The lowest BCUT2D eigenvalue weighted by molar-refractivity contribution is 0.0617. The Kier molecular flexibility index (Phi) is 6.66. The molecule has 1 rings (SSSR count). The number of hydrogen-bond donors (Lipinski definition) is 1. The van der Waals surface area contributed by atoms with E-state index in [4.69, 9.17) is 4.74 Å². The van der Waals surface area contributed by atoms with Crippen molar-refractivity contribution in [2.45, 2.75) is 37.8 Å². The maximum Gasteiger partial charge on any atom is 0.407 e. The first-order valence-corrected chi connectivity index (χ1v) is 4.63. The highest BCUT2D eigenvalue weighted by Gasteiger charge is 2.21. The summed E-state index contributed by atoms with van der Waals surface area (Å²) in [4.78, 5) is 10.9. The van der Waals surface area contributed by atoms with Crippen LogP contribution in [0.1, 0.15) is 25.7 Å². The molecule has 0 aromatic rings. The van der Waals surface area contributed by atoms with Gasteiger partial charge >= 0.3 is 6.09 Å². The topological polar surface area (TPSA) is 47.6 Å². The van der Waals surface area contributed by atoms with Crippen molar-refractivity contribution in [1.29, 1.82) is 0 Å². The van der Waals surface area contributed by atoms with Crippen LogP contribution in [0.4, 0.5) is 4.79 Å². The van der Waals surface area contributed by atoms with Crippen molar-refractivity contribution >= 4 is 18.5 Å². The van der Waals surface area contributed by atoms with Crippen molar-refractivity contribution in [3.63, 3.8) is 0 Å². The van der Waals surface area contributed by atoms with E-state index in [1.807, 2.05) is 0 Å². The third kappa shape index (κ3) is 4.15. The van der Waals surface area contributed by atoms with E-state index in [0.29, 0.717) is 6.10 Å². The van der Waals surface area contributed by atoms with Crippen LogP contribution in [0.5, 0.6) is 0 Å². The fourth-order valence-corrected chi connectivity index (χ4v) is 1.67. The molecule has 1 amide bonds. The fourth-order valence-electron chi connectivity index (χ4n) is 1.67. The minimum atomic E-state index is -0.333. The van der Waals surface area contributed by atoms with Crippen LogP contribution in [0.25, 0.3) is 0 Å². The van der Waals surface area contributed by atoms with Crippen LogP contribution in [0.15, 0.2) is 0 Å². The van der Waals surface area contributed by atoms with E-state index < -0.39 is 0 Å². The number of ether oxygens (including phenoxy) is 2. The second-order valence-corrected chi connectivity index (χ2v) is 3.35. The van der Waals surface area contributed by atoms with Gasteiger partial charge in [-0.2, -0.15) is 0 Å². The molecule has 0 aromatic heterocycles. The predicted octanol–water partition coefficient (Wildman–Crippen LogP) is 1.72.